The molecule has 0 unspecified atom stereocenters. The molecule has 1 heterocycles. The first-order valence-electron chi connectivity index (χ1n) is 7.52. The summed E-state index contributed by atoms with van der Waals surface area (Å²) in [5.74, 6) is -0.226. The van der Waals surface area contributed by atoms with Gasteiger partial charge in [-0.05, 0) is 37.8 Å². The fourth-order valence-corrected chi connectivity index (χ4v) is 2.62. The molecule has 22 heavy (non-hydrogen) atoms. The number of ketones is 1. The SMILES string of the molecule is Cc1ccc(C)c(C(=O)CN2C(=O)N[C@H](CC(C)C)C2=O)c1. The number of aryl methyl sites for hydroxylation is 2. The fourth-order valence-electron chi connectivity index (χ4n) is 2.62. The van der Waals surface area contributed by atoms with Crippen molar-refractivity contribution in [1.82, 2.24) is 10.2 Å². The zero-order valence-corrected chi connectivity index (χ0v) is 13.5. The molecular weight excluding hydrogens is 280 g/mol. The molecule has 0 spiro atoms. The Morgan fingerprint density at radius 2 is 1.95 bits per heavy atom. The van der Waals surface area contributed by atoms with E-state index in [0.717, 1.165) is 16.0 Å². The summed E-state index contributed by atoms with van der Waals surface area (Å²) in [5.41, 5.74) is 2.39. The molecule has 1 saturated heterocycles. The second kappa shape index (κ2) is 6.30. The quantitative estimate of drug-likeness (QED) is 0.671. The molecule has 0 aromatic heterocycles. The maximum absolute atomic E-state index is 12.4. The van der Waals surface area contributed by atoms with Gasteiger partial charge in [-0.1, -0.05) is 31.5 Å². The van der Waals surface area contributed by atoms with Crippen LogP contribution in [0.1, 0.15) is 41.8 Å². The number of amides is 3. The zero-order chi connectivity index (χ0) is 16.4. The number of rotatable bonds is 5. The molecule has 5 nitrogen and oxygen atoms in total. The monoisotopic (exact) mass is 302 g/mol. The first-order valence-corrected chi connectivity index (χ1v) is 7.52. The van der Waals surface area contributed by atoms with Crippen LogP contribution in [0.25, 0.3) is 0 Å². The fraction of sp³-hybridized carbons (Fsp3) is 0.471. The van der Waals surface area contributed by atoms with E-state index < -0.39 is 12.1 Å². The van der Waals surface area contributed by atoms with E-state index in [2.05, 4.69) is 5.32 Å². The van der Waals surface area contributed by atoms with Gasteiger partial charge in [0.2, 0.25) is 0 Å². The molecule has 1 aromatic carbocycles. The molecule has 118 valence electrons. The molecule has 1 N–H and O–H groups in total. The summed E-state index contributed by atoms with van der Waals surface area (Å²) >= 11 is 0. The van der Waals surface area contributed by atoms with Crippen molar-refractivity contribution >= 4 is 17.7 Å². The average molecular weight is 302 g/mol. The maximum Gasteiger partial charge on any atom is 0.325 e. The van der Waals surface area contributed by atoms with Crippen LogP contribution in [0.15, 0.2) is 18.2 Å². The molecule has 0 radical (unpaired) electrons. The third kappa shape index (κ3) is 3.35. The molecule has 1 atom stereocenters. The zero-order valence-electron chi connectivity index (χ0n) is 13.5. The Balaban J connectivity index is 2.13. The molecule has 1 aliphatic heterocycles. The third-order valence-corrected chi connectivity index (χ3v) is 3.81. The highest BCUT2D eigenvalue weighted by molar-refractivity contribution is 6.09. The average Bonchev–Trinajstić information content (AvgIpc) is 2.68. The van der Waals surface area contributed by atoms with E-state index in [9.17, 15) is 14.4 Å². The van der Waals surface area contributed by atoms with Crippen molar-refractivity contribution in [3.63, 3.8) is 0 Å². The van der Waals surface area contributed by atoms with Crippen molar-refractivity contribution in [3.8, 4) is 0 Å². The number of carbonyl (C=O) groups excluding carboxylic acids is 3. The van der Waals surface area contributed by atoms with Crippen LogP contribution >= 0.6 is 0 Å². The van der Waals surface area contributed by atoms with Gasteiger partial charge in [-0.3, -0.25) is 14.5 Å². The van der Waals surface area contributed by atoms with Gasteiger partial charge in [0, 0.05) is 5.56 Å². The number of urea groups is 1. The molecule has 0 aliphatic carbocycles. The van der Waals surface area contributed by atoms with Crippen LogP contribution in [0.4, 0.5) is 4.79 Å². The summed E-state index contributed by atoms with van der Waals surface area (Å²) in [7, 11) is 0. The van der Waals surface area contributed by atoms with Crippen molar-refractivity contribution in [2.75, 3.05) is 6.54 Å². The number of nitrogens with one attached hydrogen (secondary N) is 1. The summed E-state index contributed by atoms with van der Waals surface area (Å²) < 4.78 is 0. The van der Waals surface area contributed by atoms with Crippen LogP contribution in [-0.4, -0.2) is 35.2 Å². The highest BCUT2D eigenvalue weighted by atomic mass is 16.2. The van der Waals surface area contributed by atoms with Gasteiger partial charge in [0.05, 0.1) is 6.54 Å². The molecule has 0 saturated carbocycles. The topological polar surface area (TPSA) is 66.5 Å². The number of imide groups is 1. The normalized spacial score (nSPS) is 18.0. The van der Waals surface area contributed by atoms with Crippen molar-refractivity contribution in [2.45, 2.75) is 40.2 Å². The number of hydrogen-bond acceptors (Lipinski definition) is 3. The van der Waals surface area contributed by atoms with Crippen molar-refractivity contribution < 1.29 is 14.4 Å². The van der Waals surface area contributed by atoms with Crippen LogP contribution in [0.2, 0.25) is 0 Å². The Morgan fingerprint density at radius 3 is 2.59 bits per heavy atom. The standard InChI is InChI=1S/C17H22N2O3/c1-10(2)7-14-16(21)19(17(22)18-14)9-15(20)13-8-11(3)5-6-12(13)4/h5-6,8,10,14H,7,9H2,1-4H3,(H,18,22)/t14-/m1/s1. The number of benzene rings is 1. The summed E-state index contributed by atoms with van der Waals surface area (Å²) in [4.78, 5) is 37.6. The van der Waals surface area contributed by atoms with E-state index in [-0.39, 0.29) is 18.2 Å². The highest BCUT2D eigenvalue weighted by Crippen LogP contribution is 2.17. The van der Waals surface area contributed by atoms with E-state index in [0.29, 0.717) is 17.9 Å². The molecule has 0 bridgehead atoms. The summed E-state index contributed by atoms with van der Waals surface area (Å²) in [6.07, 6.45) is 0.582. The van der Waals surface area contributed by atoms with Gasteiger partial charge >= 0.3 is 6.03 Å². The minimum absolute atomic E-state index is 0.205. The molecule has 2 rings (SSSR count). The maximum atomic E-state index is 12.4. The molecule has 1 aromatic rings. The lowest BCUT2D eigenvalue weighted by molar-refractivity contribution is -0.127. The van der Waals surface area contributed by atoms with Gasteiger partial charge in [0.1, 0.15) is 6.04 Å². The van der Waals surface area contributed by atoms with Crippen molar-refractivity contribution in [2.24, 2.45) is 5.92 Å². The number of Topliss-reactive ketones (excluding diaryl/α,β-unsaturated/α-hetero) is 1. The predicted molar refractivity (Wildman–Crippen MR) is 83.7 cm³/mol. The van der Waals surface area contributed by atoms with E-state index in [4.69, 9.17) is 0 Å². The van der Waals surface area contributed by atoms with Gasteiger partial charge in [-0.15, -0.1) is 0 Å². The minimum Gasteiger partial charge on any atom is -0.326 e. The smallest absolute Gasteiger partial charge is 0.325 e. The third-order valence-electron chi connectivity index (χ3n) is 3.81. The second-order valence-electron chi connectivity index (χ2n) is 6.30. The summed E-state index contributed by atoms with van der Waals surface area (Å²) in [6, 6.07) is 4.60. The van der Waals surface area contributed by atoms with E-state index in [1.807, 2.05) is 39.8 Å². The van der Waals surface area contributed by atoms with Crippen LogP contribution < -0.4 is 5.32 Å². The Kier molecular flexibility index (Phi) is 4.64. The number of hydrogen-bond donors (Lipinski definition) is 1. The summed E-state index contributed by atoms with van der Waals surface area (Å²) in [6.45, 7) is 7.53. The van der Waals surface area contributed by atoms with Gasteiger partial charge in [0.15, 0.2) is 5.78 Å². The number of nitrogens with zero attached hydrogens (tertiary/aromatic N) is 1. The van der Waals surface area contributed by atoms with E-state index in [1.54, 1.807) is 6.07 Å². The van der Waals surface area contributed by atoms with Crippen molar-refractivity contribution in [1.29, 1.82) is 0 Å². The van der Waals surface area contributed by atoms with Gasteiger partial charge in [0.25, 0.3) is 5.91 Å². The van der Waals surface area contributed by atoms with Crippen LogP contribution in [-0.2, 0) is 4.79 Å². The van der Waals surface area contributed by atoms with E-state index in [1.165, 1.54) is 0 Å². The Morgan fingerprint density at radius 1 is 1.27 bits per heavy atom. The van der Waals surface area contributed by atoms with Gasteiger partial charge in [-0.2, -0.15) is 0 Å². The van der Waals surface area contributed by atoms with Gasteiger partial charge in [-0.25, -0.2) is 4.79 Å². The lowest BCUT2D eigenvalue weighted by Gasteiger charge is -2.14. The predicted octanol–water partition coefficient (Wildman–Crippen LogP) is 2.45. The van der Waals surface area contributed by atoms with Crippen LogP contribution in [0.3, 0.4) is 0 Å². The molecule has 5 heteroatoms. The summed E-state index contributed by atoms with van der Waals surface area (Å²) in [5, 5.41) is 2.65. The first-order chi connectivity index (χ1) is 10.3. The Labute approximate surface area is 130 Å². The minimum atomic E-state index is -0.515. The van der Waals surface area contributed by atoms with Gasteiger partial charge < -0.3 is 5.32 Å². The van der Waals surface area contributed by atoms with E-state index >= 15 is 0 Å². The molecule has 1 aliphatic rings. The highest BCUT2D eigenvalue weighted by Gasteiger charge is 2.39. The van der Waals surface area contributed by atoms with Crippen molar-refractivity contribution in [3.05, 3.63) is 34.9 Å². The Hall–Kier alpha value is -2.17. The van der Waals surface area contributed by atoms with Crippen LogP contribution in [0, 0.1) is 19.8 Å². The second-order valence-corrected chi connectivity index (χ2v) is 6.30. The lowest BCUT2D eigenvalue weighted by atomic mass is 10.0. The molecular formula is C17H22N2O3. The Bertz CT molecular complexity index is 622. The molecule has 1 fully saturated rings. The largest absolute Gasteiger partial charge is 0.326 e. The molecule has 3 amide bonds. The number of carbonyl (C=O) groups is 3. The first kappa shape index (κ1) is 16.2. The van der Waals surface area contributed by atoms with Crippen LogP contribution in [0.5, 0.6) is 0 Å². The lowest BCUT2D eigenvalue weighted by Crippen LogP contribution is -2.36.